The maximum Gasteiger partial charge on any atom is 0.241 e. The van der Waals surface area contributed by atoms with Gasteiger partial charge in [-0.3, -0.25) is 9.59 Å². The fourth-order valence-corrected chi connectivity index (χ4v) is 5.42. The van der Waals surface area contributed by atoms with Crippen LogP contribution >= 0.6 is 0 Å². The molecule has 0 saturated carbocycles. The van der Waals surface area contributed by atoms with Crippen LogP contribution in [0.3, 0.4) is 0 Å². The molecule has 0 radical (unpaired) electrons. The smallest absolute Gasteiger partial charge is 0.241 e. The fraction of sp³-hybridized carbons (Fsp3) is 0.417. The number of anilines is 1. The molecule has 1 aliphatic heterocycles. The lowest BCUT2D eigenvalue weighted by molar-refractivity contribution is -0.123. The molecule has 0 spiro atoms. The molecule has 9 heteroatoms. The quantitative estimate of drug-likeness (QED) is 0.613. The molecule has 33 heavy (non-hydrogen) atoms. The summed E-state index contributed by atoms with van der Waals surface area (Å²) in [4.78, 5) is 26.5. The number of nitrogens with zero attached hydrogens (tertiary/aromatic N) is 1. The van der Waals surface area contributed by atoms with E-state index in [-0.39, 0.29) is 29.3 Å². The van der Waals surface area contributed by atoms with Gasteiger partial charge in [0.15, 0.2) is 0 Å². The van der Waals surface area contributed by atoms with E-state index in [1.807, 2.05) is 19.1 Å². The van der Waals surface area contributed by atoms with Crippen molar-refractivity contribution >= 4 is 27.5 Å². The maximum atomic E-state index is 13.1. The van der Waals surface area contributed by atoms with Crippen LogP contribution in [-0.4, -0.2) is 39.4 Å². The van der Waals surface area contributed by atoms with E-state index in [0.717, 1.165) is 16.8 Å². The van der Waals surface area contributed by atoms with Gasteiger partial charge in [-0.25, -0.2) is 8.42 Å². The number of hydrogen-bond acceptors (Lipinski definition) is 5. The zero-order valence-corrected chi connectivity index (χ0v) is 20.4. The molecule has 2 N–H and O–H groups in total. The molecule has 1 aliphatic rings. The number of fused-ring (bicyclic) bond motifs is 1. The molecular formula is C24H31N3O5S. The van der Waals surface area contributed by atoms with Gasteiger partial charge in [0.1, 0.15) is 11.8 Å². The Labute approximate surface area is 195 Å². The van der Waals surface area contributed by atoms with Crippen molar-refractivity contribution < 1.29 is 22.7 Å². The molecule has 2 amide bonds. The molecule has 2 aromatic carbocycles. The van der Waals surface area contributed by atoms with Crippen LogP contribution in [0.2, 0.25) is 0 Å². The summed E-state index contributed by atoms with van der Waals surface area (Å²) in [5.74, 6) is -0.0309. The van der Waals surface area contributed by atoms with Gasteiger partial charge in [0.05, 0.1) is 12.0 Å². The van der Waals surface area contributed by atoms with Crippen molar-refractivity contribution in [2.24, 2.45) is 5.92 Å². The third-order valence-electron chi connectivity index (χ3n) is 5.77. The van der Waals surface area contributed by atoms with Gasteiger partial charge in [-0.1, -0.05) is 26.0 Å². The van der Waals surface area contributed by atoms with E-state index in [0.29, 0.717) is 12.2 Å². The summed E-state index contributed by atoms with van der Waals surface area (Å²) in [6.07, 6.45) is 0.578. The van der Waals surface area contributed by atoms with Gasteiger partial charge in [-0.2, -0.15) is 4.72 Å². The van der Waals surface area contributed by atoms with Gasteiger partial charge in [0.25, 0.3) is 0 Å². The molecule has 2 atom stereocenters. The van der Waals surface area contributed by atoms with Crippen molar-refractivity contribution in [3.63, 3.8) is 0 Å². The minimum Gasteiger partial charge on any atom is -0.497 e. The molecule has 3 rings (SSSR count). The Bertz CT molecular complexity index is 1130. The van der Waals surface area contributed by atoms with Crippen molar-refractivity contribution in [1.29, 1.82) is 0 Å². The molecular weight excluding hydrogens is 442 g/mol. The fourth-order valence-electron chi connectivity index (χ4n) is 4.02. The molecule has 2 aromatic rings. The standard InChI is InChI=1S/C24H31N3O5S/c1-15(2)23(24(29)25-14-18-6-8-20(32-5)9-7-18)26-33(30,31)21-10-11-22-19(13-21)12-16(3)27(22)17(4)28/h6-11,13,15-16,23,26H,12,14H2,1-5H3,(H,25,29)/t16-,23-/m0/s1. The summed E-state index contributed by atoms with van der Waals surface area (Å²) in [5.41, 5.74) is 2.40. The van der Waals surface area contributed by atoms with E-state index in [4.69, 9.17) is 4.74 Å². The van der Waals surface area contributed by atoms with E-state index in [1.54, 1.807) is 50.1 Å². The van der Waals surface area contributed by atoms with Gasteiger partial charge >= 0.3 is 0 Å². The van der Waals surface area contributed by atoms with Crippen molar-refractivity contribution in [3.8, 4) is 5.75 Å². The van der Waals surface area contributed by atoms with Crippen molar-refractivity contribution in [2.45, 2.75) is 57.6 Å². The number of benzene rings is 2. The number of rotatable bonds is 8. The monoisotopic (exact) mass is 473 g/mol. The predicted octanol–water partition coefficient (Wildman–Crippen LogP) is 2.61. The largest absolute Gasteiger partial charge is 0.497 e. The Morgan fingerprint density at radius 2 is 1.82 bits per heavy atom. The number of carbonyl (C=O) groups is 2. The molecule has 178 valence electrons. The van der Waals surface area contributed by atoms with Gasteiger partial charge in [0, 0.05) is 25.2 Å². The van der Waals surface area contributed by atoms with Crippen molar-refractivity contribution in [2.75, 3.05) is 12.0 Å². The first-order chi connectivity index (χ1) is 15.5. The van der Waals surface area contributed by atoms with Gasteiger partial charge in [-0.15, -0.1) is 0 Å². The Morgan fingerprint density at radius 1 is 1.15 bits per heavy atom. The Morgan fingerprint density at radius 3 is 2.39 bits per heavy atom. The van der Waals surface area contributed by atoms with Crippen molar-refractivity contribution in [3.05, 3.63) is 53.6 Å². The lowest BCUT2D eigenvalue weighted by Gasteiger charge is -2.22. The molecule has 0 aliphatic carbocycles. The molecule has 0 saturated heterocycles. The van der Waals surface area contributed by atoms with E-state index < -0.39 is 22.0 Å². The zero-order chi connectivity index (χ0) is 24.3. The molecule has 0 aromatic heterocycles. The number of carbonyl (C=O) groups excluding carboxylic acids is 2. The summed E-state index contributed by atoms with van der Waals surface area (Å²) < 4.78 is 33.9. The zero-order valence-electron chi connectivity index (χ0n) is 19.6. The van der Waals surface area contributed by atoms with Crippen LogP contribution in [0.1, 0.15) is 38.8 Å². The summed E-state index contributed by atoms with van der Waals surface area (Å²) >= 11 is 0. The van der Waals surface area contributed by atoms with Crippen LogP contribution < -0.4 is 19.7 Å². The first-order valence-corrected chi connectivity index (χ1v) is 12.4. The van der Waals surface area contributed by atoms with Crippen LogP contribution in [0.25, 0.3) is 0 Å². The highest BCUT2D eigenvalue weighted by atomic mass is 32.2. The van der Waals surface area contributed by atoms with Gasteiger partial charge < -0.3 is 15.0 Å². The Hall–Kier alpha value is -2.91. The number of methoxy groups -OCH3 is 1. The number of nitrogens with one attached hydrogen (secondary N) is 2. The minimum atomic E-state index is -3.95. The molecule has 8 nitrogen and oxygen atoms in total. The SMILES string of the molecule is COc1ccc(CNC(=O)[C@@H](NS(=O)(=O)c2ccc3c(c2)C[C@H](C)N3C(C)=O)C(C)C)cc1. The number of amides is 2. The second-order valence-electron chi connectivity index (χ2n) is 8.64. The van der Waals surface area contributed by atoms with Gasteiger partial charge in [0.2, 0.25) is 21.8 Å². The second kappa shape index (κ2) is 9.93. The number of sulfonamides is 1. The number of hydrogen-bond donors (Lipinski definition) is 2. The summed E-state index contributed by atoms with van der Waals surface area (Å²) in [7, 11) is -2.37. The van der Waals surface area contributed by atoms with E-state index in [1.165, 1.54) is 13.0 Å². The molecule has 0 unspecified atom stereocenters. The molecule has 1 heterocycles. The predicted molar refractivity (Wildman–Crippen MR) is 127 cm³/mol. The topological polar surface area (TPSA) is 105 Å². The number of ether oxygens (including phenoxy) is 1. The Balaban J connectivity index is 1.73. The van der Waals surface area contributed by atoms with Crippen LogP contribution in [0.5, 0.6) is 5.75 Å². The summed E-state index contributed by atoms with van der Waals surface area (Å²) in [6.45, 7) is 7.27. The molecule has 0 fully saturated rings. The first kappa shape index (κ1) is 24.7. The van der Waals surface area contributed by atoms with E-state index in [9.17, 15) is 18.0 Å². The molecule has 0 bridgehead atoms. The van der Waals surface area contributed by atoms with Gasteiger partial charge in [-0.05, 0) is 60.7 Å². The summed E-state index contributed by atoms with van der Waals surface area (Å²) in [5, 5.41) is 2.81. The maximum absolute atomic E-state index is 13.1. The lowest BCUT2D eigenvalue weighted by atomic mass is 10.0. The Kier molecular flexibility index (Phi) is 7.44. The third-order valence-corrected chi connectivity index (χ3v) is 7.21. The highest BCUT2D eigenvalue weighted by molar-refractivity contribution is 7.89. The average molecular weight is 474 g/mol. The van der Waals surface area contributed by atoms with Crippen LogP contribution in [0.15, 0.2) is 47.4 Å². The second-order valence-corrected chi connectivity index (χ2v) is 10.4. The lowest BCUT2D eigenvalue weighted by Crippen LogP contribution is -2.49. The van der Waals surface area contributed by atoms with Crippen LogP contribution in [-0.2, 0) is 32.6 Å². The third kappa shape index (κ3) is 5.54. The average Bonchev–Trinajstić information content (AvgIpc) is 3.11. The first-order valence-electron chi connectivity index (χ1n) is 10.9. The summed E-state index contributed by atoms with van der Waals surface area (Å²) in [6, 6.07) is 11.0. The van der Waals surface area contributed by atoms with Crippen LogP contribution in [0, 0.1) is 5.92 Å². The van der Waals surface area contributed by atoms with E-state index in [2.05, 4.69) is 10.0 Å². The van der Waals surface area contributed by atoms with E-state index >= 15 is 0 Å². The highest BCUT2D eigenvalue weighted by Crippen LogP contribution is 2.34. The van der Waals surface area contributed by atoms with Crippen LogP contribution in [0.4, 0.5) is 5.69 Å². The van der Waals surface area contributed by atoms with Crippen molar-refractivity contribution in [1.82, 2.24) is 10.0 Å². The highest BCUT2D eigenvalue weighted by Gasteiger charge is 2.32. The minimum absolute atomic E-state index is 0.0319. The normalized spacial score (nSPS) is 16.4.